The van der Waals surface area contributed by atoms with Crippen LogP contribution in [-0.4, -0.2) is 46.1 Å². The highest BCUT2D eigenvalue weighted by Crippen LogP contribution is 2.30. The van der Waals surface area contributed by atoms with Gasteiger partial charge in [0.25, 0.3) is 0 Å². The van der Waals surface area contributed by atoms with Crippen LogP contribution in [0.4, 0.5) is 5.69 Å². The Balaban J connectivity index is 2.01. The Hall–Kier alpha value is -0.810. The monoisotopic (exact) mass is 312 g/mol. The molecule has 0 saturated carbocycles. The third-order valence-electron chi connectivity index (χ3n) is 3.83. The first-order valence-electron chi connectivity index (χ1n) is 7.58. The molecule has 0 aromatic heterocycles. The zero-order valence-electron chi connectivity index (χ0n) is 12.9. The Bertz CT molecular complexity index is 442. The molecule has 5 heteroatoms. The molecule has 118 valence electrons. The van der Waals surface area contributed by atoms with Crippen molar-refractivity contribution in [3.63, 3.8) is 0 Å². The highest BCUT2D eigenvalue weighted by Gasteiger charge is 2.23. The topological polar surface area (TPSA) is 33.7 Å². The van der Waals surface area contributed by atoms with Crippen LogP contribution in [0, 0.1) is 0 Å². The first kappa shape index (κ1) is 16.6. The van der Waals surface area contributed by atoms with Crippen LogP contribution in [-0.2, 0) is 16.0 Å². The average Bonchev–Trinajstić information content (AvgIpc) is 2.52. The lowest BCUT2D eigenvalue weighted by Gasteiger charge is -2.37. The molecular weight excluding hydrogens is 288 g/mol. The van der Waals surface area contributed by atoms with E-state index >= 15 is 0 Å². The molecule has 1 aliphatic heterocycles. The van der Waals surface area contributed by atoms with Crippen LogP contribution in [0.15, 0.2) is 18.2 Å². The molecule has 21 heavy (non-hydrogen) atoms. The largest absolute Gasteiger partial charge is 0.383 e. The summed E-state index contributed by atoms with van der Waals surface area (Å²) >= 11 is 6.49. The van der Waals surface area contributed by atoms with Crippen molar-refractivity contribution < 1.29 is 9.47 Å². The molecule has 1 heterocycles. The van der Waals surface area contributed by atoms with E-state index in [1.54, 1.807) is 7.11 Å². The summed E-state index contributed by atoms with van der Waals surface area (Å²) < 4.78 is 10.6. The van der Waals surface area contributed by atoms with E-state index in [2.05, 4.69) is 35.3 Å². The minimum Gasteiger partial charge on any atom is -0.383 e. The number of ether oxygens (including phenoxy) is 2. The minimum absolute atomic E-state index is 0.418. The maximum Gasteiger partial charge on any atom is 0.0670 e. The van der Waals surface area contributed by atoms with Crippen LogP contribution in [0.2, 0.25) is 5.02 Å². The molecule has 1 aliphatic rings. The zero-order valence-corrected chi connectivity index (χ0v) is 13.7. The normalized spacial score (nSPS) is 19.0. The van der Waals surface area contributed by atoms with Crippen molar-refractivity contribution in [2.45, 2.75) is 25.9 Å². The summed E-state index contributed by atoms with van der Waals surface area (Å²) in [5, 5.41) is 4.15. The Morgan fingerprint density at radius 2 is 2.33 bits per heavy atom. The van der Waals surface area contributed by atoms with Crippen molar-refractivity contribution >= 4 is 17.3 Å². The second-order valence-corrected chi connectivity index (χ2v) is 5.69. The van der Waals surface area contributed by atoms with Crippen molar-refractivity contribution in [2.24, 2.45) is 0 Å². The molecule has 2 rings (SSSR count). The number of hydrogen-bond acceptors (Lipinski definition) is 4. The molecule has 1 N–H and O–H groups in total. The van der Waals surface area contributed by atoms with Crippen molar-refractivity contribution in [3.8, 4) is 0 Å². The number of hydrogen-bond donors (Lipinski definition) is 1. The molecule has 0 aliphatic carbocycles. The maximum absolute atomic E-state index is 6.49. The summed E-state index contributed by atoms with van der Waals surface area (Å²) in [4.78, 5) is 2.37. The number of halogens is 1. The van der Waals surface area contributed by atoms with Crippen molar-refractivity contribution in [1.82, 2.24) is 5.32 Å². The number of rotatable bonds is 7. The van der Waals surface area contributed by atoms with Gasteiger partial charge in [-0.1, -0.05) is 24.6 Å². The van der Waals surface area contributed by atoms with Gasteiger partial charge in [0.15, 0.2) is 0 Å². The van der Waals surface area contributed by atoms with Crippen LogP contribution < -0.4 is 10.2 Å². The van der Waals surface area contributed by atoms with Crippen molar-refractivity contribution in [3.05, 3.63) is 28.8 Å². The quantitative estimate of drug-likeness (QED) is 0.785. The van der Waals surface area contributed by atoms with Gasteiger partial charge in [-0.15, -0.1) is 0 Å². The van der Waals surface area contributed by atoms with E-state index in [0.717, 1.165) is 56.6 Å². The fourth-order valence-corrected chi connectivity index (χ4v) is 2.92. The minimum atomic E-state index is 0.418. The number of nitrogens with one attached hydrogen (secondary N) is 1. The van der Waals surface area contributed by atoms with Crippen LogP contribution in [0.25, 0.3) is 0 Å². The van der Waals surface area contributed by atoms with E-state index in [4.69, 9.17) is 21.1 Å². The van der Waals surface area contributed by atoms with Gasteiger partial charge in [0.05, 0.1) is 36.6 Å². The molecule has 0 amide bonds. The standard InChI is InChI=1S/C16H25ClN2O2/c1-3-14-12-21-9-7-19(14)16-5-4-13(10-15(16)17)11-18-6-8-20-2/h4-5,10,14,18H,3,6-9,11-12H2,1-2H3. The van der Waals surface area contributed by atoms with E-state index in [1.807, 2.05) is 0 Å². The smallest absolute Gasteiger partial charge is 0.0670 e. The SMILES string of the molecule is CCC1COCCN1c1ccc(CNCCOC)cc1Cl. The molecule has 1 saturated heterocycles. The first-order chi connectivity index (χ1) is 10.3. The summed E-state index contributed by atoms with van der Waals surface area (Å²) in [7, 11) is 1.71. The number of nitrogens with zero attached hydrogens (tertiary/aromatic N) is 1. The highest BCUT2D eigenvalue weighted by molar-refractivity contribution is 6.33. The van der Waals surface area contributed by atoms with Crippen LogP contribution >= 0.6 is 11.6 Å². The second-order valence-electron chi connectivity index (χ2n) is 5.29. The molecule has 1 fully saturated rings. The molecule has 4 nitrogen and oxygen atoms in total. The van der Waals surface area contributed by atoms with Gasteiger partial charge in [-0.25, -0.2) is 0 Å². The summed E-state index contributed by atoms with van der Waals surface area (Å²) in [5.41, 5.74) is 2.31. The fourth-order valence-electron chi connectivity index (χ4n) is 2.61. The van der Waals surface area contributed by atoms with Gasteiger partial charge in [0.1, 0.15) is 0 Å². The van der Waals surface area contributed by atoms with Crippen LogP contribution in [0.3, 0.4) is 0 Å². The van der Waals surface area contributed by atoms with E-state index in [0.29, 0.717) is 6.04 Å². The Morgan fingerprint density at radius 3 is 3.05 bits per heavy atom. The molecule has 0 bridgehead atoms. The molecule has 1 aromatic carbocycles. The summed E-state index contributed by atoms with van der Waals surface area (Å²) in [6.45, 7) is 7.02. The average molecular weight is 313 g/mol. The fraction of sp³-hybridized carbons (Fsp3) is 0.625. The van der Waals surface area contributed by atoms with Gasteiger partial charge in [0, 0.05) is 26.7 Å². The Kier molecular flexibility index (Phi) is 6.77. The third kappa shape index (κ3) is 4.58. The van der Waals surface area contributed by atoms with E-state index < -0.39 is 0 Å². The highest BCUT2D eigenvalue weighted by atomic mass is 35.5. The molecule has 1 atom stereocenters. The summed E-state index contributed by atoms with van der Waals surface area (Å²) in [6, 6.07) is 6.74. The predicted molar refractivity (Wildman–Crippen MR) is 87.3 cm³/mol. The maximum atomic E-state index is 6.49. The lowest BCUT2D eigenvalue weighted by atomic mass is 10.1. The van der Waals surface area contributed by atoms with Gasteiger partial charge in [-0.05, 0) is 24.1 Å². The molecule has 0 radical (unpaired) electrons. The first-order valence-corrected chi connectivity index (χ1v) is 7.96. The van der Waals surface area contributed by atoms with Crippen molar-refractivity contribution in [2.75, 3.05) is 44.9 Å². The Labute approximate surface area is 132 Å². The van der Waals surface area contributed by atoms with E-state index in [1.165, 1.54) is 5.56 Å². The molecule has 1 aromatic rings. The molecular formula is C16H25ClN2O2. The second kappa shape index (κ2) is 8.59. The van der Waals surface area contributed by atoms with Gasteiger partial charge >= 0.3 is 0 Å². The number of methoxy groups -OCH3 is 1. The van der Waals surface area contributed by atoms with Crippen LogP contribution in [0.1, 0.15) is 18.9 Å². The van der Waals surface area contributed by atoms with Crippen molar-refractivity contribution in [1.29, 1.82) is 0 Å². The van der Waals surface area contributed by atoms with Gasteiger partial charge in [0.2, 0.25) is 0 Å². The number of anilines is 1. The van der Waals surface area contributed by atoms with Gasteiger partial charge < -0.3 is 19.7 Å². The lowest BCUT2D eigenvalue weighted by molar-refractivity contribution is 0.0930. The van der Waals surface area contributed by atoms with E-state index in [9.17, 15) is 0 Å². The molecule has 0 spiro atoms. The third-order valence-corrected chi connectivity index (χ3v) is 4.14. The zero-order chi connectivity index (χ0) is 15.1. The number of benzene rings is 1. The van der Waals surface area contributed by atoms with Gasteiger partial charge in [-0.2, -0.15) is 0 Å². The predicted octanol–water partition coefficient (Wildman–Crippen LogP) is 2.69. The van der Waals surface area contributed by atoms with E-state index in [-0.39, 0.29) is 0 Å². The molecule has 1 unspecified atom stereocenters. The Morgan fingerprint density at radius 1 is 1.48 bits per heavy atom. The number of morpholine rings is 1. The lowest BCUT2D eigenvalue weighted by Crippen LogP contribution is -2.45. The summed E-state index contributed by atoms with van der Waals surface area (Å²) in [6.07, 6.45) is 1.07. The van der Waals surface area contributed by atoms with Gasteiger partial charge in [-0.3, -0.25) is 0 Å². The van der Waals surface area contributed by atoms with Crippen LogP contribution in [0.5, 0.6) is 0 Å². The summed E-state index contributed by atoms with van der Waals surface area (Å²) in [5.74, 6) is 0.